The molecular formula is C19H29N3. The second kappa shape index (κ2) is 7.89. The Hall–Kier alpha value is -1.19. The molecule has 1 N–H and O–H groups in total. The number of nitrogens with one attached hydrogen (secondary N) is 1. The van der Waals surface area contributed by atoms with Crippen LogP contribution < -0.4 is 5.32 Å². The summed E-state index contributed by atoms with van der Waals surface area (Å²) < 4.78 is 0. The van der Waals surface area contributed by atoms with E-state index in [1.54, 1.807) is 5.57 Å². The van der Waals surface area contributed by atoms with Crippen LogP contribution in [0.3, 0.4) is 0 Å². The van der Waals surface area contributed by atoms with Crippen LogP contribution in [0, 0.1) is 0 Å². The van der Waals surface area contributed by atoms with Crippen molar-refractivity contribution in [1.82, 2.24) is 15.2 Å². The largest absolute Gasteiger partial charge is 0.308 e. The third-order valence-corrected chi connectivity index (χ3v) is 5.07. The summed E-state index contributed by atoms with van der Waals surface area (Å²) in [5.74, 6) is 0. The first-order valence-corrected chi connectivity index (χ1v) is 8.88. The molecule has 0 saturated carbocycles. The van der Waals surface area contributed by atoms with Crippen molar-refractivity contribution in [2.75, 3.05) is 13.1 Å². The molecule has 1 aromatic rings. The molecule has 1 fully saturated rings. The van der Waals surface area contributed by atoms with Gasteiger partial charge in [-0.1, -0.05) is 17.7 Å². The minimum Gasteiger partial charge on any atom is -0.308 e. The molecule has 0 spiro atoms. The highest BCUT2D eigenvalue weighted by Gasteiger charge is 2.22. The SMILES string of the molecule is C[C@@H](NC1CCN(Cc2ccccn2)CC1)C1=CCCCC1. The molecule has 1 saturated heterocycles. The zero-order valence-corrected chi connectivity index (χ0v) is 13.8. The minimum absolute atomic E-state index is 0.563. The topological polar surface area (TPSA) is 28.2 Å². The highest BCUT2D eigenvalue weighted by atomic mass is 15.1. The fourth-order valence-corrected chi connectivity index (χ4v) is 3.70. The van der Waals surface area contributed by atoms with E-state index in [2.05, 4.69) is 40.3 Å². The maximum atomic E-state index is 4.44. The van der Waals surface area contributed by atoms with Crippen LogP contribution in [0.5, 0.6) is 0 Å². The molecule has 120 valence electrons. The molecule has 3 nitrogen and oxygen atoms in total. The number of rotatable bonds is 5. The van der Waals surface area contributed by atoms with Crippen molar-refractivity contribution in [3.8, 4) is 0 Å². The molecule has 0 aromatic carbocycles. The van der Waals surface area contributed by atoms with Crippen LogP contribution >= 0.6 is 0 Å². The fraction of sp³-hybridized carbons (Fsp3) is 0.632. The molecule has 1 atom stereocenters. The lowest BCUT2D eigenvalue weighted by molar-refractivity contribution is 0.185. The summed E-state index contributed by atoms with van der Waals surface area (Å²) in [6.45, 7) is 5.70. The molecule has 3 heteroatoms. The Bertz CT molecular complexity index is 475. The smallest absolute Gasteiger partial charge is 0.0543 e. The molecule has 0 unspecified atom stereocenters. The Balaban J connectivity index is 1.42. The summed E-state index contributed by atoms with van der Waals surface area (Å²) >= 11 is 0. The number of hydrogen-bond donors (Lipinski definition) is 1. The molecule has 2 heterocycles. The molecule has 3 rings (SSSR count). The molecule has 0 bridgehead atoms. The normalized spacial score (nSPS) is 22.3. The van der Waals surface area contributed by atoms with Gasteiger partial charge in [-0.05, 0) is 57.6 Å². The predicted octanol–water partition coefficient (Wildman–Crippen LogP) is 3.52. The van der Waals surface area contributed by atoms with Gasteiger partial charge in [-0.25, -0.2) is 0 Å². The lowest BCUT2D eigenvalue weighted by atomic mass is 9.93. The number of nitrogens with zero attached hydrogens (tertiary/aromatic N) is 2. The number of hydrogen-bond acceptors (Lipinski definition) is 3. The first-order valence-electron chi connectivity index (χ1n) is 8.88. The summed E-state index contributed by atoms with van der Waals surface area (Å²) in [5, 5.41) is 3.86. The van der Waals surface area contributed by atoms with E-state index >= 15 is 0 Å². The molecular weight excluding hydrogens is 270 g/mol. The van der Waals surface area contributed by atoms with Crippen molar-refractivity contribution in [3.05, 3.63) is 41.7 Å². The molecule has 0 radical (unpaired) electrons. The predicted molar refractivity (Wildman–Crippen MR) is 91.7 cm³/mol. The van der Waals surface area contributed by atoms with E-state index in [-0.39, 0.29) is 0 Å². The third-order valence-electron chi connectivity index (χ3n) is 5.07. The van der Waals surface area contributed by atoms with E-state index in [4.69, 9.17) is 0 Å². The van der Waals surface area contributed by atoms with Crippen molar-refractivity contribution in [2.45, 2.75) is 64.1 Å². The maximum absolute atomic E-state index is 4.44. The molecule has 2 aliphatic rings. The van der Waals surface area contributed by atoms with Gasteiger partial charge in [0.25, 0.3) is 0 Å². The Kier molecular flexibility index (Phi) is 5.63. The number of aromatic nitrogens is 1. The fourth-order valence-electron chi connectivity index (χ4n) is 3.70. The molecule has 1 aliphatic carbocycles. The van der Waals surface area contributed by atoms with Gasteiger partial charge in [-0.15, -0.1) is 0 Å². The summed E-state index contributed by atoms with van der Waals surface area (Å²) in [5.41, 5.74) is 2.83. The zero-order chi connectivity index (χ0) is 15.2. The van der Waals surface area contributed by atoms with Gasteiger partial charge < -0.3 is 5.32 Å². The summed E-state index contributed by atoms with van der Waals surface area (Å²) in [6.07, 6.45) is 12.2. The van der Waals surface area contributed by atoms with Crippen LogP contribution in [-0.2, 0) is 6.54 Å². The summed E-state index contributed by atoms with van der Waals surface area (Å²) in [6, 6.07) is 7.43. The van der Waals surface area contributed by atoms with Crippen LogP contribution in [-0.4, -0.2) is 35.1 Å². The van der Waals surface area contributed by atoms with Crippen LogP contribution in [0.4, 0.5) is 0 Å². The molecule has 0 amide bonds. The van der Waals surface area contributed by atoms with Gasteiger partial charge in [0.2, 0.25) is 0 Å². The minimum atomic E-state index is 0.563. The monoisotopic (exact) mass is 299 g/mol. The average Bonchev–Trinajstić information content (AvgIpc) is 2.58. The first kappa shape index (κ1) is 15.7. The van der Waals surface area contributed by atoms with Gasteiger partial charge in [-0.3, -0.25) is 9.88 Å². The lowest BCUT2D eigenvalue weighted by Gasteiger charge is -2.34. The van der Waals surface area contributed by atoms with Crippen molar-refractivity contribution in [1.29, 1.82) is 0 Å². The highest BCUT2D eigenvalue weighted by molar-refractivity contribution is 5.12. The number of allylic oxidation sites excluding steroid dienone is 1. The second-order valence-corrected chi connectivity index (χ2v) is 6.78. The van der Waals surface area contributed by atoms with Gasteiger partial charge in [0.05, 0.1) is 5.69 Å². The van der Waals surface area contributed by atoms with Gasteiger partial charge in [0.15, 0.2) is 0 Å². The Labute approximate surface area is 134 Å². The Morgan fingerprint density at radius 2 is 2.14 bits per heavy atom. The first-order chi connectivity index (χ1) is 10.8. The third kappa shape index (κ3) is 4.40. The lowest BCUT2D eigenvalue weighted by Crippen LogP contribution is -2.45. The average molecular weight is 299 g/mol. The van der Waals surface area contributed by atoms with E-state index in [1.807, 2.05) is 12.3 Å². The van der Waals surface area contributed by atoms with Gasteiger partial charge in [-0.2, -0.15) is 0 Å². The number of pyridine rings is 1. The highest BCUT2D eigenvalue weighted by Crippen LogP contribution is 2.21. The van der Waals surface area contributed by atoms with Crippen molar-refractivity contribution >= 4 is 0 Å². The van der Waals surface area contributed by atoms with Crippen LogP contribution in [0.1, 0.15) is 51.1 Å². The maximum Gasteiger partial charge on any atom is 0.0543 e. The number of likely N-dealkylation sites (tertiary alicyclic amines) is 1. The van der Waals surface area contributed by atoms with Crippen molar-refractivity contribution in [3.63, 3.8) is 0 Å². The van der Waals surface area contributed by atoms with Crippen molar-refractivity contribution < 1.29 is 0 Å². The van der Waals surface area contributed by atoms with E-state index in [1.165, 1.54) is 57.3 Å². The van der Waals surface area contributed by atoms with Gasteiger partial charge in [0, 0.05) is 37.9 Å². The van der Waals surface area contributed by atoms with Crippen LogP contribution in [0.25, 0.3) is 0 Å². The quantitative estimate of drug-likeness (QED) is 0.843. The summed E-state index contributed by atoms with van der Waals surface area (Å²) in [7, 11) is 0. The van der Waals surface area contributed by atoms with E-state index in [0.29, 0.717) is 12.1 Å². The molecule has 1 aliphatic heterocycles. The van der Waals surface area contributed by atoms with E-state index < -0.39 is 0 Å². The van der Waals surface area contributed by atoms with E-state index in [9.17, 15) is 0 Å². The second-order valence-electron chi connectivity index (χ2n) is 6.78. The van der Waals surface area contributed by atoms with Gasteiger partial charge in [0.1, 0.15) is 0 Å². The Morgan fingerprint density at radius 1 is 1.27 bits per heavy atom. The summed E-state index contributed by atoms with van der Waals surface area (Å²) in [4.78, 5) is 6.97. The zero-order valence-electron chi connectivity index (χ0n) is 13.8. The van der Waals surface area contributed by atoms with Crippen LogP contribution in [0.2, 0.25) is 0 Å². The van der Waals surface area contributed by atoms with Crippen molar-refractivity contribution in [2.24, 2.45) is 0 Å². The van der Waals surface area contributed by atoms with E-state index in [0.717, 1.165) is 6.54 Å². The van der Waals surface area contributed by atoms with Crippen LogP contribution in [0.15, 0.2) is 36.0 Å². The standard InChI is InChI=1S/C19H29N3/c1-16(17-7-3-2-4-8-17)21-18-10-13-22(14-11-18)15-19-9-5-6-12-20-19/h5-7,9,12,16,18,21H,2-4,8,10-11,13-15H2,1H3/t16-/m1/s1. The molecule has 22 heavy (non-hydrogen) atoms. The van der Waals surface area contributed by atoms with Gasteiger partial charge >= 0.3 is 0 Å². The Morgan fingerprint density at radius 3 is 2.82 bits per heavy atom. The number of piperidine rings is 1. The molecule has 1 aromatic heterocycles.